The molecule has 142 valence electrons. The van der Waals surface area contributed by atoms with Gasteiger partial charge in [0.25, 0.3) is 0 Å². The van der Waals surface area contributed by atoms with Gasteiger partial charge in [0.2, 0.25) is 5.91 Å². The van der Waals surface area contributed by atoms with E-state index < -0.39 is 0 Å². The highest BCUT2D eigenvalue weighted by molar-refractivity contribution is 5.81. The van der Waals surface area contributed by atoms with E-state index in [1.165, 1.54) is 32.1 Å². The maximum Gasteiger partial charge on any atom is 0.236 e. The zero-order valence-corrected chi connectivity index (χ0v) is 16.0. The molecule has 2 atom stereocenters. The Kier molecular flexibility index (Phi) is 6.57. The fourth-order valence-corrected chi connectivity index (χ4v) is 4.04. The first-order valence-electron chi connectivity index (χ1n) is 10.3. The number of carbonyl (C=O) groups is 1. The Bertz CT molecular complexity index is 466. The molecule has 2 aliphatic heterocycles. The van der Waals surface area contributed by atoms with Gasteiger partial charge < -0.3 is 15.1 Å². The van der Waals surface area contributed by atoms with Gasteiger partial charge >= 0.3 is 0 Å². The van der Waals surface area contributed by atoms with Crippen LogP contribution in [0.5, 0.6) is 0 Å². The predicted molar refractivity (Wildman–Crippen MR) is 102 cm³/mol. The topological polar surface area (TPSA) is 51.2 Å². The van der Waals surface area contributed by atoms with Crippen LogP contribution in [0.25, 0.3) is 0 Å². The Balaban J connectivity index is 1.43. The number of rotatable bonds is 6. The number of hydrogen-bond donors (Lipinski definition) is 1. The zero-order valence-electron chi connectivity index (χ0n) is 16.0. The van der Waals surface area contributed by atoms with Gasteiger partial charge in [-0.3, -0.25) is 14.7 Å². The van der Waals surface area contributed by atoms with Gasteiger partial charge in [-0.1, -0.05) is 13.3 Å². The Hall–Kier alpha value is -1.30. The van der Waals surface area contributed by atoms with Crippen molar-refractivity contribution in [1.29, 1.82) is 0 Å². The number of amides is 1. The van der Waals surface area contributed by atoms with Crippen LogP contribution in [0.3, 0.4) is 0 Å². The molecule has 6 nitrogen and oxygen atoms in total. The highest BCUT2D eigenvalue weighted by Gasteiger charge is 2.37. The van der Waals surface area contributed by atoms with Gasteiger partial charge in [0.15, 0.2) is 5.96 Å². The van der Waals surface area contributed by atoms with E-state index >= 15 is 0 Å². The number of nitrogens with zero attached hydrogens (tertiary/aromatic N) is 4. The largest absolute Gasteiger partial charge is 0.353 e. The first kappa shape index (κ1) is 18.5. The Labute approximate surface area is 152 Å². The number of likely N-dealkylation sites (tertiary alicyclic amines) is 1. The molecule has 6 heteroatoms. The number of hydrogen-bond acceptors (Lipinski definition) is 3. The summed E-state index contributed by atoms with van der Waals surface area (Å²) in [5.41, 5.74) is 0. The van der Waals surface area contributed by atoms with Gasteiger partial charge in [-0.2, -0.15) is 0 Å². The minimum Gasteiger partial charge on any atom is -0.353 e. The molecule has 3 aliphatic rings. The van der Waals surface area contributed by atoms with E-state index in [1.54, 1.807) is 0 Å². The number of piperazine rings is 1. The van der Waals surface area contributed by atoms with Crippen LogP contribution in [0.2, 0.25) is 0 Å². The van der Waals surface area contributed by atoms with Crippen molar-refractivity contribution in [3.05, 3.63) is 0 Å². The van der Waals surface area contributed by atoms with Gasteiger partial charge in [0.05, 0.1) is 6.54 Å². The monoisotopic (exact) mass is 349 g/mol. The van der Waals surface area contributed by atoms with Crippen LogP contribution in [0, 0.1) is 5.92 Å². The molecule has 0 aromatic carbocycles. The smallest absolute Gasteiger partial charge is 0.236 e. The summed E-state index contributed by atoms with van der Waals surface area (Å²) in [5, 5.41) is 3.68. The second-order valence-electron chi connectivity index (χ2n) is 7.68. The van der Waals surface area contributed by atoms with Crippen LogP contribution < -0.4 is 5.32 Å². The lowest BCUT2D eigenvalue weighted by Crippen LogP contribution is -2.54. The van der Waals surface area contributed by atoms with E-state index in [9.17, 15) is 4.79 Å². The predicted octanol–water partition coefficient (Wildman–Crippen LogP) is 1.38. The van der Waals surface area contributed by atoms with Crippen LogP contribution in [-0.4, -0.2) is 85.0 Å². The highest BCUT2D eigenvalue weighted by atomic mass is 16.2. The lowest BCUT2D eigenvalue weighted by atomic mass is 10.2. The Morgan fingerprint density at radius 3 is 2.40 bits per heavy atom. The Morgan fingerprint density at radius 2 is 1.76 bits per heavy atom. The molecule has 1 saturated carbocycles. The summed E-state index contributed by atoms with van der Waals surface area (Å²) in [5.74, 6) is 2.23. The quantitative estimate of drug-likeness (QED) is 0.581. The fourth-order valence-electron chi connectivity index (χ4n) is 4.04. The minimum absolute atomic E-state index is 0.312. The Morgan fingerprint density at radius 1 is 1.04 bits per heavy atom. The van der Waals surface area contributed by atoms with E-state index in [0.717, 1.165) is 57.7 Å². The van der Waals surface area contributed by atoms with Crippen LogP contribution >= 0.6 is 0 Å². The molecule has 0 aromatic heterocycles. The molecule has 1 amide bonds. The van der Waals surface area contributed by atoms with Crippen LogP contribution in [0.4, 0.5) is 0 Å². The van der Waals surface area contributed by atoms with Crippen molar-refractivity contribution in [3.63, 3.8) is 0 Å². The molecule has 2 heterocycles. The van der Waals surface area contributed by atoms with Crippen molar-refractivity contribution >= 4 is 11.9 Å². The zero-order chi connectivity index (χ0) is 17.6. The molecule has 2 saturated heterocycles. The third-order valence-electron chi connectivity index (χ3n) is 5.69. The standard InChI is InChI=1S/C19H35N5O/c1-3-7-16-14-17(16)21-19(20-4-2)24-12-10-22(11-13-24)15-18(25)23-8-5-6-9-23/h16-17H,3-15H2,1-2H3,(H,20,21). The van der Waals surface area contributed by atoms with Crippen molar-refractivity contribution < 1.29 is 4.79 Å². The molecule has 3 rings (SSSR count). The molecule has 2 unspecified atom stereocenters. The van der Waals surface area contributed by atoms with Crippen LogP contribution in [0.15, 0.2) is 4.99 Å². The first-order valence-corrected chi connectivity index (χ1v) is 10.3. The highest BCUT2D eigenvalue weighted by Crippen LogP contribution is 2.34. The van der Waals surface area contributed by atoms with Crippen molar-refractivity contribution in [2.75, 3.05) is 52.4 Å². The molecule has 3 fully saturated rings. The third-order valence-corrected chi connectivity index (χ3v) is 5.69. The molecular formula is C19H35N5O. The van der Waals surface area contributed by atoms with Crippen molar-refractivity contribution in [3.8, 4) is 0 Å². The second kappa shape index (κ2) is 8.88. The number of guanidine groups is 1. The van der Waals surface area contributed by atoms with Gasteiger partial charge in [0.1, 0.15) is 0 Å². The van der Waals surface area contributed by atoms with Gasteiger partial charge in [-0.15, -0.1) is 0 Å². The van der Waals surface area contributed by atoms with E-state index in [2.05, 4.69) is 29.0 Å². The lowest BCUT2D eigenvalue weighted by Gasteiger charge is -2.36. The first-order chi connectivity index (χ1) is 12.2. The molecule has 0 radical (unpaired) electrons. The van der Waals surface area contributed by atoms with E-state index in [-0.39, 0.29) is 0 Å². The van der Waals surface area contributed by atoms with E-state index in [1.807, 2.05) is 4.90 Å². The van der Waals surface area contributed by atoms with E-state index in [4.69, 9.17) is 4.99 Å². The van der Waals surface area contributed by atoms with Crippen molar-refractivity contribution in [2.45, 2.75) is 52.0 Å². The number of nitrogens with one attached hydrogen (secondary N) is 1. The van der Waals surface area contributed by atoms with Crippen molar-refractivity contribution in [1.82, 2.24) is 20.0 Å². The summed E-state index contributed by atoms with van der Waals surface area (Å²) in [6.07, 6.45) is 6.22. The SMILES string of the molecule is CCCC1CC1NC(=NCC)N1CCN(CC(=O)N2CCCC2)CC1. The molecule has 1 aliphatic carbocycles. The maximum absolute atomic E-state index is 12.3. The molecule has 25 heavy (non-hydrogen) atoms. The normalized spacial score (nSPS) is 27.7. The fraction of sp³-hybridized carbons (Fsp3) is 0.895. The number of carbonyl (C=O) groups excluding carboxylic acids is 1. The van der Waals surface area contributed by atoms with Gasteiger partial charge in [-0.05, 0) is 38.5 Å². The van der Waals surface area contributed by atoms with Crippen molar-refractivity contribution in [2.24, 2.45) is 10.9 Å². The third kappa shape index (κ3) is 5.09. The van der Waals surface area contributed by atoms with Gasteiger partial charge in [0, 0.05) is 51.9 Å². The average Bonchev–Trinajstić information content (AvgIpc) is 3.11. The second-order valence-corrected chi connectivity index (χ2v) is 7.68. The number of aliphatic imine (C=N–C) groups is 1. The minimum atomic E-state index is 0.312. The molecule has 0 bridgehead atoms. The van der Waals surface area contributed by atoms with Crippen LogP contribution in [0.1, 0.15) is 46.0 Å². The molecular weight excluding hydrogens is 314 g/mol. The summed E-state index contributed by atoms with van der Waals surface area (Å²) >= 11 is 0. The average molecular weight is 350 g/mol. The molecule has 0 spiro atoms. The van der Waals surface area contributed by atoms with E-state index in [0.29, 0.717) is 18.5 Å². The maximum atomic E-state index is 12.3. The summed E-state index contributed by atoms with van der Waals surface area (Å²) in [6.45, 7) is 11.5. The summed E-state index contributed by atoms with van der Waals surface area (Å²) in [4.78, 5) is 23.7. The van der Waals surface area contributed by atoms with Crippen LogP contribution in [-0.2, 0) is 4.79 Å². The van der Waals surface area contributed by atoms with Gasteiger partial charge in [-0.25, -0.2) is 0 Å². The molecule has 0 aromatic rings. The summed E-state index contributed by atoms with van der Waals surface area (Å²) in [7, 11) is 0. The molecule has 1 N–H and O–H groups in total. The summed E-state index contributed by atoms with van der Waals surface area (Å²) in [6, 6.07) is 0.625. The summed E-state index contributed by atoms with van der Waals surface area (Å²) < 4.78 is 0. The lowest BCUT2D eigenvalue weighted by molar-refractivity contribution is -0.131.